The van der Waals surface area contributed by atoms with Crippen LogP contribution in [0.3, 0.4) is 0 Å². The largest absolute Gasteiger partial charge is 0.416 e. The first-order chi connectivity index (χ1) is 9.79. The summed E-state index contributed by atoms with van der Waals surface area (Å²) in [5.74, 6) is 0. The molecule has 0 amide bonds. The van der Waals surface area contributed by atoms with Crippen LogP contribution in [-0.2, 0) is 12.7 Å². The van der Waals surface area contributed by atoms with E-state index in [0.717, 1.165) is 16.1 Å². The molecular weight excluding hydrogens is 345 g/mol. The lowest BCUT2D eigenvalue weighted by Gasteiger charge is -2.15. The molecule has 0 saturated carbocycles. The van der Waals surface area contributed by atoms with Crippen molar-refractivity contribution in [3.05, 3.63) is 57.6 Å². The summed E-state index contributed by atoms with van der Waals surface area (Å²) in [7, 11) is 0. The highest BCUT2D eigenvalue weighted by Gasteiger charge is 2.32. The highest BCUT2D eigenvalue weighted by Crippen LogP contribution is 2.33. The number of rotatable bonds is 3. The van der Waals surface area contributed by atoms with E-state index in [0.29, 0.717) is 11.4 Å². The smallest absolute Gasteiger partial charge is 0.398 e. The van der Waals surface area contributed by atoms with Crippen LogP contribution >= 0.6 is 15.9 Å². The molecule has 0 fully saturated rings. The third kappa shape index (κ3) is 3.69. The number of halogens is 4. The summed E-state index contributed by atoms with van der Waals surface area (Å²) in [6.45, 7) is 1.92. The van der Waals surface area contributed by atoms with E-state index in [4.69, 9.17) is 5.73 Å². The molecule has 0 radical (unpaired) electrons. The van der Waals surface area contributed by atoms with E-state index in [1.165, 1.54) is 12.1 Å². The lowest BCUT2D eigenvalue weighted by atomic mass is 10.1. The molecule has 2 aromatic carbocycles. The number of nitrogen functional groups attached to an aromatic ring is 1. The Morgan fingerprint density at radius 3 is 2.52 bits per heavy atom. The maximum atomic E-state index is 12.9. The van der Waals surface area contributed by atoms with Crippen molar-refractivity contribution in [3.63, 3.8) is 0 Å². The second kappa shape index (κ2) is 5.97. The van der Waals surface area contributed by atoms with E-state index in [-0.39, 0.29) is 12.1 Å². The van der Waals surface area contributed by atoms with Gasteiger partial charge in [-0.05, 0) is 52.2 Å². The van der Waals surface area contributed by atoms with E-state index in [2.05, 4.69) is 21.2 Å². The van der Waals surface area contributed by atoms with Crippen LogP contribution < -0.4 is 11.1 Å². The lowest BCUT2D eigenvalue weighted by molar-refractivity contribution is -0.138. The fourth-order valence-corrected chi connectivity index (χ4v) is 2.48. The van der Waals surface area contributed by atoms with Gasteiger partial charge in [-0.1, -0.05) is 18.2 Å². The summed E-state index contributed by atoms with van der Waals surface area (Å²) < 4.78 is 39.5. The summed E-state index contributed by atoms with van der Waals surface area (Å²) >= 11 is 3.35. The standard InChI is InChI=1S/C15H14BrF3N2/c1-9-6-14(12(16)7-13(9)20)21-8-10-4-2-3-5-11(10)15(17,18)19/h2-7,21H,8,20H2,1H3. The first-order valence-corrected chi connectivity index (χ1v) is 7.03. The van der Waals surface area contributed by atoms with Gasteiger partial charge in [0.2, 0.25) is 0 Å². The Labute approximate surface area is 129 Å². The molecule has 0 aliphatic rings. The minimum absolute atomic E-state index is 0.0810. The minimum atomic E-state index is -4.35. The van der Waals surface area contributed by atoms with Crippen LogP contribution in [0.15, 0.2) is 40.9 Å². The van der Waals surface area contributed by atoms with Crippen LogP contribution in [0.5, 0.6) is 0 Å². The Morgan fingerprint density at radius 2 is 1.86 bits per heavy atom. The summed E-state index contributed by atoms with van der Waals surface area (Å²) in [5, 5.41) is 3.01. The molecule has 0 aromatic heterocycles. The highest BCUT2D eigenvalue weighted by molar-refractivity contribution is 9.10. The Kier molecular flexibility index (Phi) is 4.46. The Morgan fingerprint density at radius 1 is 1.19 bits per heavy atom. The van der Waals surface area contributed by atoms with Crippen molar-refractivity contribution >= 4 is 27.3 Å². The van der Waals surface area contributed by atoms with Crippen molar-refractivity contribution in [2.75, 3.05) is 11.1 Å². The Hall–Kier alpha value is -1.69. The van der Waals surface area contributed by atoms with Gasteiger partial charge in [0.1, 0.15) is 0 Å². The molecule has 0 aliphatic heterocycles. The van der Waals surface area contributed by atoms with E-state index in [9.17, 15) is 13.2 Å². The average Bonchev–Trinajstić information content (AvgIpc) is 2.41. The predicted octanol–water partition coefficient (Wildman–Crippen LogP) is 4.97. The third-order valence-electron chi connectivity index (χ3n) is 3.15. The molecule has 2 nitrogen and oxygen atoms in total. The average molecular weight is 359 g/mol. The second-order valence-corrected chi connectivity index (χ2v) is 5.55. The van der Waals surface area contributed by atoms with Gasteiger partial charge in [0.05, 0.1) is 5.56 Å². The van der Waals surface area contributed by atoms with Crippen molar-refractivity contribution in [3.8, 4) is 0 Å². The molecule has 2 rings (SSSR count). The number of anilines is 2. The van der Waals surface area contributed by atoms with Crippen LogP contribution in [0.4, 0.5) is 24.5 Å². The van der Waals surface area contributed by atoms with Crippen LogP contribution in [0.2, 0.25) is 0 Å². The molecule has 0 aliphatic carbocycles. The summed E-state index contributed by atoms with van der Waals surface area (Å²) in [4.78, 5) is 0. The molecule has 0 unspecified atom stereocenters. The van der Waals surface area contributed by atoms with Gasteiger partial charge in [0, 0.05) is 22.4 Å². The zero-order valence-electron chi connectivity index (χ0n) is 11.3. The number of nitrogens with one attached hydrogen (secondary N) is 1. The Balaban J connectivity index is 2.23. The number of hydrogen-bond donors (Lipinski definition) is 2. The van der Waals surface area contributed by atoms with Crippen molar-refractivity contribution in [1.82, 2.24) is 0 Å². The maximum Gasteiger partial charge on any atom is 0.416 e. The second-order valence-electron chi connectivity index (χ2n) is 4.70. The van der Waals surface area contributed by atoms with Crippen molar-refractivity contribution in [1.29, 1.82) is 0 Å². The van der Waals surface area contributed by atoms with Crippen molar-refractivity contribution in [2.24, 2.45) is 0 Å². The topological polar surface area (TPSA) is 38.0 Å². The molecule has 0 atom stereocenters. The Bertz CT molecular complexity index is 654. The molecule has 0 bridgehead atoms. The molecular formula is C15H14BrF3N2. The highest BCUT2D eigenvalue weighted by atomic mass is 79.9. The van der Waals surface area contributed by atoms with Crippen LogP contribution in [0, 0.1) is 6.92 Å². The zero-order valence-corrected chi connectivity index (χ0v) is 12.8. The monoisotopic (exact) mass is 358 g/mol. The maximum absolute atomic E-state index is 12.9. The van der Waals surface area contributed by atoms with Crippen molar-refractivity contribution < 1.29 is 13.2 Å². The molecule has 112 valence electrons. The molecule has 0 heterocycles. The lowest BCUT2D eigenvalue weighted by Crippen LogP contribution is -2.12. The van der Waals surface area contributed by atoms with Gasteiger partial charge in [0.25, 0.3) is 0 Å². The van der Waals surface area contributed by atoms with E-state index < -0.39 is 11.7 Å². The van der Waals surface area contributed by atoms with E-state index in [1.54, 1.807) is 18.2 Å². The number of benzene rings is 2. The van der Waals surface area contributed by atoms with Gasteiger partial charge in [-0.3, -0.25) is 0 Å². The van der Waals surface area contributed by atoms with Gasteiger partial charge in [-0.15, -0.1) is 0 Å². The van der Waals surface area contributed by atoms with Crippen LogP contribution in [0.1, 0.15) is 16.7 Å². The SMILES string of the molecule is Cc1cc(NCc2ccccc2C(F)(F)F)c(Br)cc1N. The first kappa shape index (κ1) is 15.7. The summed E-state index contributed by atoms with van der Waals surface area (Å²) in [5.41, 5.74) is 7.55. The van der Waals surface area contributed by atoms with Crippen molar-refractivity contribution in [2.45, 2.75) is 19.6 Å². The van der Waals surface area contributed by atoms with E-state index >= 15 is 0 Å². The predicted molar refractivity (Wildman–Crippen MR) is 82.1 cm³/mol. The van der Waals surface area contributed by atoms with Crippen LogP contribution in [0.25, 0.3) is 0 Å². The van der Waals surface area contributed by atoms with Gasteiger partial charge in [0.15, 0.2) is 0 Å². The third-order valence-corrected chi connectivity index (χ3v) is 3.80. The summed E-state index contributed by atoms with van der Waals surface area (Å²) in [6.07, 6.45) is -4.35. The zero-order chi connectivity index (χ0) is 15.6. The first-order valence-electron chi connectivity index (χ1n) is 6.23. The molecule has 2 aromatic rings. The fourth-order valence-electron chi connectivity index (χ4n) is 1.97. The van der Waals surface area contributed by atoms with Gasteiger partial charge in [-0.25, -0.2) is 0 Å². The number of aryl methyl sites for hydroxylation is 1. The molecule has 6 heteroatoms. The van der Waals surface area contributed by atoms with Gasteiger partial charge in [-0.2, -0.15) is 13.2 Å². The number of hydrogen-bond acceptors (Lipinski definition) is 2. The van der Waals surface area contributed by atoms with Crippen LogP contribution in [-0.4, -0.2) is 0 Å². The van der Waals surface area contributed by atoms with Gasteiger partial charge >= 0.3 is 6.18 Å². The molecule has 21 heavy (non-hydrogen) atoms. The number of alkyl halides is 3. The molecule has 0 spiro atoms. The quantitative estimate of drug-likeness (QED) is 0.760. The molecule has 0 saturated heterocycles. The van der Waals surface area contributed by atoms with E-state index in [1.807, 2.05) is 6.92 Å². The van der Waals surface area contributed by atoms with Gasteiger partial charge < -0.3 is 11.1 Å². The number of nitrogens with two attached hydrogens (primary N) is 1. The normalized spacial score (nSPS) is 11.5. The summed E-state index contributed by atoms with van der Waals surface area (Å²) in [6, 6.07) is 9.06. The molecule has 3 N–H and O–H groups in total. The fraction of sp³-hybridized carbons (Fsp3) is 0.200. The minimum Gasteiger partial charge on any atom is -0.398 e.